The number of sulfonamides is 1. The molecule has 10 nitrogen and oxygen atoms in total. The first-order chi connectivity index (χ1) is 20.7. The van der Waals surface area contributed by atoms with E-state index in [2.05, 4.69) is 15.0 Å². The van der Waals surface area contributed by atoms with Gasteiger partial charge >= 0.3 is 0 Å². The molecule has 4 heterocycles. The van der Waals surface area contributed by atoms with E-state index in [0.29, 0.717) is 30.0 Å². The van der Waals surface area contributed by atoms with E-state index in [1.807, 2.05) is 68.6 Å². The van der Waals surface area contributed by atoms with E-state index in [4.69, 9.17) is 4.98 Å². The zero-order valence-electron chi connectivity index (χ0n) is 24.3. The van der Waals surface area contributed by atoms with Gasteiger partial charge in [-0.15, -0.1) is 0 Å². The number of fused-ring (bicyclic) bond motifs is 3. The summed E-state index contributed by atoms with van der Waals surface area (Å²) in [5, 5.41) is 1.65. The molecule has 0 saturated carbocycles. The number of benzene rings is 2. The molecule has 0 aliphatic rings. The summed E-state index contributed by atoms with van der Waals surface area (Å²) in [4.78, 5) is 31.2. The largest absolute Gasteiger partial charge is 0.339 e. The second-order valence-electron chi connectivity index (χ2n) is 10.3. The van der Waals surface area contributed by atoms with Crippen LogP contribution in [0.3, 0.4) is 0 Å². The van der Waals surface area contributed by atoms with Gasteiger partial charge in [-0.3, -0.25) is 14.1 Å². The normalized spacial score (nSPS) is 11.7. The number of rotatable bonds is 8. The SMILES string of the molecule is CCN(CC)C(=O)c1ccc(-c2cnc3[nH]c4ccc(N(C)S(=O)(=O)c5cn(C)cn5)cc4c3c2-c2ccncc2)cc1. The zero-order chi connectivity index (χ0) is 30.3. The number of H-pyrrole nitrogens is 1. The summed E-state index contributed by atoms with van der Waals surface area (Å²) in [6, 6.07) is 16.9. The van der Waals surface area contributed by atoms with Gasteiger partial charge in [0.05, 0.1) is 12.0 Å². The lowest BCUT2D eigenvalue weighted by atomic mass is 9.92. The van der Waals surface area contributed by atoms with Crippen molar-refractivity contribution in [3.63, 3.8) is 0 Å². The van der Waals surface area contributed by atoms with Crippen molar-refractivity contribution >= 4 is 43.6 Å². The molecular weight excluding hydrogens is 562 g/mol. The van der Waals surface area contributed by atoms with E-state index in [1.54, 1.807) is 35.0 Å². The van der Waals surface area contributed by atoms with Crippen molar-refractivity contribution < 1.29 is 13.2 Å². The van der Waals surface area contributed by atoms with Crippen LogP contribution < -0.4 is 4.31 Å². The highest BCUT2D eigenvalue weighted by Crippen LogP contribution is 2.41. The van der Waals surface area contributed by atoms with Crippen LogP contribution in [-0.4, -0.2) is 63.9 Å². The van der Waals surface area contributed by atoms with E-state index >= 15 is 0 Å². The molecule has 0 spiro atoms. The Kier molecular flexibility index (Phi) is 7.18. The molecule has 0 atom stereocenters. The minimum Gasteiger partial charge on any atom is -0.339 e. The molecule has 0 aliphatic carbocycles. The van der Waals surface area contributed by atoms with Gasteiger partial charge in [-0.2, -0.15) is 8.42 Å². The maximum absolute atomic E-state index is 13.4. The van der Waals surface area contributed by atoms with Crippen molar-refractivity contribution in [2.75, 3.05) is 24.4 Å². The molecule has 0 bridgehead atoms. The molecule has 0 aliphatic heterocycles. The van der Waals surface area contributed by atoms with E-state index in [1.165, 1.54) is 23.9 Å². The Morgan fingerprint density at radius 1 is 0.953 bits per heavy atom. The molecule has 0 unspecified atom stereocenters. The molecular formula is C32H31N7O3S. The fourth-order valence-electron chi connectivity index (χ4n) is 5.36. The Hall–Kier alpha value is -5.03. The minimum absolute atomic E-state index is 0.00610. The van der Waals surface area contributed by atoms with Crippen LogP contribution >= 0.6 is 0 Å². The number of carbonyl (C=O) groups excluding carboxylic acids is 1. The highest BCUT2D eigenvalue weighted by molar-refractivity contribution is 7.92. The van der Waals surface area contributed by atoms with Gasteiger partial charge in [-0.05, 0) is 67.4 Å². The predicted octanol–water partition coefficient (Wildman–Crippen LogP) is 5.49. The van der Waals surface area contributed by atoms with Gasteiger partial charge in [0, 0.05) is 85.0 Å². The number of nitrogens with one attached hydrogen (secondary N) is 1. The van der Waals surface area contributed by atoms with Crippen molar-refractivity contribution in [3.05, 3.63) is 91.3 Å². The Morgan fingerprint density at radius 2 is 1.67 bits per heavy atom. The summed E-state index contributed by atoms with van der Waals surface area (Å²) in [6.45, 7) is 5.22. The molecule has 43 heavy (non-hydrogen) atoms. The van der Waals surface area contributed by atoms with Gasteiger partial charge in [0.15, 0.2) is 5.03 Å². The van der Waals surface area contributed by atoms with Crippen LogP contribution in [0.25, 0.3) is 44.2 Å². The minimum atomic E-state index is -3.87. The summed E-state index contributed by atoms with van der Waals surface area (Å²) in [5.41, 5.74) is 6.24. The average molecular weight is 594 g/mol. The second kappa shape index (κ2) is 11.0. The van der Waals surface area contributed by atoms with Crippen LogP contribution in [0.5, 0.6) is 0 Å². The molecule has 11 heteroatoms. The Morgan fingerprint density at radius 3 is 2.33 bits per heavy atom. The molecule has 0 saturated heterocycles. The van der Waals surface area contributed by atoms with E-state index in [-0.39, 0.29) is 10.9 Å². The molecule has 0 radical (unpaired) electrons. The van der Waals surface area contributed by atoms with Gasteiger partial charge < -0.3 is 14.5 Å². The predicted molar refractivity (Wildman–Crippen MR) is 168 cm³/mol. The highest BCUT2D eigenvalue weighted by atomic mass is 32.2. The summed E-state index contributed by atoms with van der Waals surface area (Å²) in [7, 11) is -0.624. The number of aromatic amines is 1. The van der Waals surface area contributed by atoms with Gasteiger partial charge in [-0.25, -0.2) is 9.97 Å². The number of aryl methyl sites for hydroxylation is 1. The number of imidazole rings is 1. The summed E-state index contributed by atoms with van der Waals surface area (Å²) in [5.74, 6) is -0.00610. The third kappa shape index (κ3) is 4.91. The van der Waals surface area contributed by atoms with Gasteiger partial charge in [0.1, 0.15) is 5.65 Å². The van der Waals surface area contributed by atoms with E-state index in [0.717, 1.165) is 38.5 Å². The van der Waals surface area contributed by atoms with Crippen molar-refractivity contribution in [3.8, 4) is 22.3 Å². The van der Waals surface area contributed by atoms with Crippen LogP contribution in [0.1, 0.15) is 24.2 Å². The first kappa shape index (κ1) is 28.1. The Balaban J connectivity index is 1.53. The fraction of sp³-hybridized carbons (Fsp3) is 0.188. The first-order valence-electron chi connectivity index (χ1n) is 13.9. The summed E-state index contributed by atoms with van der Waals surface area (Å²) in [6.07, 6.45) is 8.25. The average Bonchev–Trinajstić information content (AvgIpc) is 3.64. The van der Waals surface area contributed by atoms with Crippen molar-refractivity contribution in [2.45, 2.75) is 18.9 Å². The number of hydrogen-bond acceptors (Lipinski definition) is 6. The van der Waals surface area contributed by atoms with Crippen LogP contribution in [0, 0.1) is 0 Å². The van der Waals surface area contributed by atoms with Crippen LogP contribution in [0.15, 0.2) is 90.7 Å². The van der Waals surface area contributed by atoms with Gasteiger partial charge in [0.2, 0.25) is 0 Å². The lowest BCUT2D eigenvalue weighted by Crippen LogP contribution is -2.30. The number of aromatic nitrogens is 5. The Bertz CT molecular complexity index is 2060. The standard InChI is InChI=1S/C32H31N7O3S/c1-5-39(6-2)32(40)23-9-7-21(8-10-23)26-18-34-31-30(29(26)22-13-15-33-16-14-22)25-17-24(11-12-27(25)36-31)38(4)43(41,42)28-19-37(3)20-35-28/h7-20H,5-6H2,1-4H3,(H,34,36). The molecule has 0 fully saturated rings. The first-order valence-corrected chi connectivity index (χ1v) is 15.4. The third-order valence-corrected chi connectivity index (χ3v) is 9.41. The van der Waals surface area contributed by atoms with Crippen molar-refractivity contribution in [1.29, 1.82) is 0 Å². The maximum atomic E-state index is 13.4. The molecule has 4 aromatic heterocycles. The van der Waals surface area contributed by atoms with Crippen molar-refractivity contribution in [1.82, 2.24) is 29.4 Å². The fourth-order valence-corrected chi connectivity index (χ4v) is 6.52. The molecule has 2 aromatic carbocycles. The number of hydrogen-bond donors (Lipinski definition) is 1. The lowest BCUT2D eigenvalue weighted by molar-refractivity contribution is 0.0773. The molecule has 6 aromatic rings. The molecule has 1 N–H and O–H groups in total. The zero-order valence-corrected chi connectivity index (χ0v) is 25.1. The quantitative estimate of drug-likeness (QED) is 0.250. The topological polar surface area (TPSA) is 117 Å². The lowest BCUT2D eigenvalue weighted by Gasteiger charge is -2.19. The third-order valence-electron chi connectivity index (χ3n) is 7.74. The second-order valence-corrected chi connectivity index (χ2v) is 12.2. The summed E-state index contributed by atoms with van der Waals surface area (Å²) >= 11 is 0. The van der Waals surface area contributed by atoms with E-state index in [9.17, 15) is 13.2 Å². The molecule has 6 rings (SSSR count). The van der Waals surface area contributed by atoms with Crippen LogP contribution in [-0.2, 0) is 17.1 Å². The Labute approximate surface area is 249 Å². The van der Waals surface area contributed by atoms with Crippen molar-refractivity contribution in [2.24, 2.45) is 7.05 Å². The number of carbonyl (C=O) groups is 1. The number of pyridine rings is 2. The highest BCUT2D eigenvalue weighted by Gasteiger charge is 2.25. The van der Waals surface area contributed by atoms with Crippen LogP contribution in [0.4, 0.5) is 5.69 Å². The molecule has 1 amide bonds. The van der Waals surface area contributed by atoms with Gasteiger partial charge in [-0.1, -0.05) is 12.1 Å². The van der Waals surface area contributed by atoms with E-state index < -0.39 is 10.0 Å². The molecule has 218 valence electrons. The summed E-state index contributed by atoms with van der Waals surface area (Å²) < 4.78 is 29.6. The van der Waals surface area contributed by atoms with Crippen LogP contribution in [0.2, 0.25) is 0 Å². The number of amides is 1. The smallest absolute Gasteiger partial charge is 0.283 e. The maximum Gasteiger partial charge on any atom is 0.283 e. The monoisotopic (exact) mass is 593 g/mol. The number of nitrogens with zero attached hydrogens (tertiary/aromatic N) is 6. The number of anilines is 1. The van der Waals surface area contributed by atoms with Gasteiger partial charge in [0.25, 0.3) is 15.9 Å².